The molecule has 1 N–H and O–H groups in total. The van der Waals surface area contributed by atoms with Crippen LogP contribution in [0.4, 0.5) is 13.2 Å². The molecule has 0 amide bonds. The van der Waals surface area contributed by atoms with Crippen molar-refractivity contribution in [2.45, 2.75) is 69.8 Å². The Bertz CT molecular complexity index is 504. The van der Waals surface area contributed by atoms with Crippen LogP contribution in [0.15, 0.2) is 12.1 Å². The summed E-state index contributed by atoms with van der Waals surface area (Å²) in [5.41, 5.74) is 0. The molecular formula is C16H24F3NOS2. The third kappa shape index (κ3) is 5.11. The molecule has 0 spiro atoms. The van der Waals surface area contributed by atoms with E-state index < -0.39 is 27.2 Å². The molecular weight excluding hydrogens is 343 g/mol. The number of rotatable bonds is 4. The Kier molecular flexibility index (Phi) is 6.09. The molecule has 1 aromatic heterocycles. The quantitative estimate of drug-likeness (QED) is 0.719. The van der Waals surface area contributed by atoms with Gasteiger partial charge in [0.25, 0.3) is 0 Å². The largest absolute Gasteiger partial charge is 0.598 e. The normalized spacial score (nSPS) is 20.5. The number of alkyl halides is 3. The second-order valence-electron chi connectivity index (χ2n) is 7.07. The van der Waals surface area contributed by atoms with Crippen LogP contribution in [0.5, 0.6) is 0 Å². The van der Waals surface area contributed by atoms with Crippen molar-refractivity contribution in [3.8, 4) is 0 Å². The van der Waals surface area contributed by atoms with Gasteiger partial charge in [-0.15, -0.1) is 16.1 Å². The van der Waals surface area contributed by atoms with Gasteiger partial charge >= 0.3 is 6.18 Å². The minimum atomic E-state index is -4.32. The third-order valence-electron chi connectivity index (χ3n) is 4.12. The van der Waals surface area contributed by atoms with Crippen molar-refractivity contribution < 1.29 is 17.7 Å². The molecule has 2 nitrogen and oxygen atoms in total. The van der Waals surface area contributed by atoms with Crippen molar-refractivity contribution in [1.29, 1.82) is 0 Å². The SMILES string of the molecule is CC(C)(C)[S+]([O-])N[C@@H](c1ccc(C(F)(F)F)s1)C1CCCCC1. The first kappa shape index (κ1) is 19.1. The van der Waals surface area contributed by atoms with Crippen molar-refractivity contribution >= 4 is 22.7 Å². The van der Waals surface area contributed by atoms with E-state index in [0.717, 1.165) is 43.1 Å². The van der Waals surface area contributed by atoms with Gasteiger partial charge in [-0.2, -0.15) is 13.2 Å². The average Bonchev–Trinajstić information content (AvgIpc) is 2.94. The van der Waals surface area contributed by atoms with E-state index >= 15 is 0 Å². The molecule has 1 aliphatic rings. The Balaban J connectivity index is 2.23. The molecule has 1 heterocycles. The lowest BCUT2D eigenvalue weighted by Crippen LogP contribution is -2.43. The van der Waals surface area contributed by atoms with Crippen molar-refractivity contribution in [2.75, 3.05) is 0 Å². The maximum atomic E-state index is 12.9. The van der Waals surface area contributed by atoms with E-state index in [1.54, 1.807) is 6.07 Å². The third-order valence-corrected chi connectivity index (χ3v) is 6.92. The highest BCUT2D eigenvalue weighted by Crippen LogP contribution is 2.42. The summed E-state index contributed by atoms with van der Waals surface area (Å²) in [5.74, 6) is 0.245. The molecule has 0 aliphatic heterocycles. The zero-order valence-electron chi connectivity index (χ0n) is 13.7. The second-order valence-corrected chi connectivity index (χ2v) is 10.2. The predicted octanol–water partition coefficient (Wildman–Crippen LogP) is 5.44. The van der Waals surface area contributed by atoms with Crippen LogP contribution in [0, 0.1) is 5.92 Å². The molecule has 0 radical (unpaired) electrons. The van der Waals surface area contributed by atoms with Gasteiger partial charge in [0.15, 0.2) is 0 Å². The number of hydrogen-bond donors (Lipinski definition) is 1. The summed E-state index contributed by atoms with van der Waals surface area (Å²) in [6.45, 7) is 5.59. The molecule has 23 heavy (non-hydrogen) atoms. The van der Waals surface area contributed by atoms with Gasteiger partial charge in [0.2, 0.25) is 0 Å². The average molecular weight is 368 g/mol. The van der Waals surface area contributed by atoms with E-state index in [1.807, 2.05) is 20.8 Å². The van der Waals surface area contributed by atoms with Crippen molar-refractivity contribution in [1.82, 2.24) is 4.72 Å². The molecule has 1 fully saturated rings. The van der Waals surface area contributed by atoms with E-state index in [2.05, 4.69) is 4.72 Å². The van der Waals surface area contributed by atoms with Gasteiger partial charge in [-0.05, 0) is 51.7 Å². The first-order valence-corrected chi connectivity index (χ1v) is 9.90. The zero-order chi connectivity index (χ0) is 17.3. The summed E-state index contributed by atoms with van der Waals surface area (Å²) in [7, 11) is 0. The highest BCUT2D eigenvalue weighted by atomic mass is 32.2. The Morgan fingerprint density at radius 3 is 2.26 bits per heavy atom. The van der Waals surface area contributed by atoms with Crippen LogP contribution in [0.2, 0.25) is 0 Å². The molecule has 1 aliphatic carbocycles. The van der Waals surface area contributed by atoms with Gasteiger partial charge in [0.1, 0.15) is 9.62 Å². The van der Waals surface area contributed by atoms with E-state index in [-0.39, 0.29) is 12.0 Å². The van der Waals surface area contributed by atoms with Crippen molar-refractivity contribution in [2.24, 2.45) is 5.92 Å². The maximum absolute atomic E-state index is 12.9. The summed E-state index contributed by atoms with van der Waals surface area (Å²) in [4.78, 5) is 0.0541. The number of thiophene rings is 1. The van der Waals surface area contributed by atoms with Gasteiger partial charge in [0, 0.05) is 16.2 Å². The molecule has 2 atom stereocenters. The summed E-state index contributed by atoms with van der Waals surface area (Å²) >= 11 is -0.534. The van der Waals surface area contributed by atoms with Gasteiger partial charge in [-0.3, -0.25) is 0 Å². The number of hydrogen-bond acceptors (Lipinski definition) is 3. The predicted molar refractivity (Wildman–Crippen MR) is 89.7 cm³/mol. The summed E-state index contributed by atoms with van der Waals surface area (Å²) in [6, 6.07) is 2.41. The first-order valence-electron chi connectivity index (χ1n) is 7.94. The van der Waals surface area contributed by atoms with Crippen LogP contribution >= 0.6 is 11.3 Å². The standard InChI is InChI=1S/C16H24F3NOS2/c1-15(2,3)23(21)20-14(11-7-5-4-6-8-11)12-9-10-13(22-12)16(17,18)19/h9-11,14,20H,4-8H2,1-3H3/t14-,23?/m1/s1. The van der Waals surface area contributed by atoms with Crippen molar-refractivity contribution in [3.63, 3.8) is 0 Å². The van der Waals surface area contributed by atoms with Gasteiger partial charge in [-0.1, -0.05) is 19.3 Å². The molecule has 2 rings (SSSR count). The minimum Gasteiger partial charge on any atom is -0.598 e. The van der Waals surface area contributed by atoms with Crippen LogP contribution < -0.4 is 4.72 Å². The van der Waals surface area contributed by atoms with Gasteiger partial charge < -0.3 is 4.55 Å². The van der Waals surface area contributed by atoms with Gasteiger partial charge in [0.05, 0.1) is 6.04 Å². The Morgan fingerprint density at radius 1 is 1.17 bits per heavy atom. The van der Waals surface area contributed by atoms with Crippen molar-refractivity contribution in [3.05, 3.63) is 21.9 Å². The Morgan fingerprint density at radius 2 is 1.78 bits per heavy atom. The maximum Gasteiger partial charge on any atom is 0.425 e. The van der Waals surface area contributed by atoms with Crippen LogP contribution in [-0.4, -0.2) is 9.30 Å². The van der Waals surface area contributed by atoms with Crippen LogP contribution in [0.25, 0.3) is 0 Å². The molecule has 0 saturated heterocycles. The first-order chi connectivity index (χ1) is 10.6. The molecule has 7 heteroatoms. The smallest absolute Gasteiger partial charge is 0.425 e. The highest BCUT2D eigenvalue weighted by Gasteiger charge is 2.37. The number of halogens is 3. The molecule has 0 aromatic carbocycles. The molecule has 0 bridgehead atoms. The van der Waals surface area contributed by atoms with Crippen LogP contribution in [-0.2, 0) is 17.5 Å². The minimum absolute atomic E-state index is 0.245. The zero-order valence-corrected chi connectivity index (χ0v) is 15.3. The molecule has 132 valence electrons. The Hall–Kier alpha value is -0.240. The Labute approximate surface area is 143 Å². The molecule has 1 unspecified atom stereocenters. The molecule has 1 aromatic rings. The van der Waals surface area contributed by atoms with Crippen LogP contribution in [0.3, 0.4) is 0 Å². The lowest BCUT2D eigenvalue weighted by atomic mass is 9.84. The summed E-state index contributed by atoms with van der Waals surface area (Å²) in [6.07, 6.45) is 0.967. The van der Waals surface area contributed by atoms with Gasteiger partial charge in [-0.25, -0.2) is 0 Å². The fourth-order valence-electron chi connectivity index (χ4n) is 2.82. The van der Waals surface area contributed by atoms with E-state index in [9.17, 15) is 17.7 Å². The van der Waals surface area contributed by atoms with Crippen LogP contribution in [0.1, 0.15) is 68.7 Å². The number of nitrogens with one attached hydrogen (secondary N) is 1. The summed E-state index contributed by atoms with van der Waals surface area (Å²) in [5, 5.41) is 0. The highest BCUT2D eigenvalue weighted by molar-refractivity contribution is 7.90. The lowest BCUT2D eigenvalue weighted by molar-refractivity contribution is -0.134. The summed E-state index contributed by atoms with van der Waals surface area (Å²) < 4.78 is 53.8. The fraction of sp³-hybridized carbons (Fsp3) is 0.750. The monoisotopic (exact) mass is 367 g/mol. The second kappa shape index (κ2) is 7.33. The van der Waals surface area contributed by atoms with E-state index in [0.29, 0.717) is 4.88 Å². The van der Waals surface area contributed by atoms with E-state index in [4.69, 9.17) is 0 Å². The topological polar surface area (TPSA) is 35.1 Å². The lowest BCUT2D eigenvalue weighted by Gasteiger charge is -2.33. The fourth-order valence-corrected chi connectivity index (χ4v) is 4.82. The molecule has 1 saturated carbocycles. The van der Waals surface area contributed by atoms with E-state index in [1.165, 1.54) is 6.42 Å².